The van der Waals surface area contributed by atoms with Crippen molar-refractivity contribution in [1.82, 2.24) is 9.78 Å². The quantitative estimate of drug-likeness (QED) is 0.642. The van der Waals surface area contributed by atoms with Crippen LogP contribution in [0.1, 0.15) is 12.5 Å². The van der Waals surface area contributed by atoms with Crippen molar-refractivity contribution in [2.75, 3.05) is 17.7 Å². The smallest absolute Gasteiger partial charge is 0.249 e. The molecular formula is C20H16Cl2N4O3. The van der Waals surface area contributed by atoms with E-state index >= 15 is 0 Å². The summed E-state index contributed by atoms with van der Waals surface area (Å²) >= 11 is 12.1. The summed E-state index contributed by atoms with van der Waals surface area (Å²) in [6, 6.07) is 11.3. The molecule has 0 saturated heterocycles. The summed E-state index contributed by atoms with van der Waals surface area (Å²) in [4.78, 5) is 25.2. The van der Waals surface area contributed by atoms with Crippen molar-refractivity contribution >= 4 is 46.5 Å². The predicted octanol–water partition coefficient (Wildman–Crippen LogP) is 4.39. The first-order valence-corrected chi connectivity index (χ1v) is 9.49. The maximum atomic E-state index is 12.9. The molecule has 1 aromatic heterocycles. The lowest BCUT2D eigenvalue weighted by atomic mass is 10.1. The van der Waals surface area contributed by atoms with Crippen molar-refractivity contribution < 1.29 is 14.3 Å². The minimum absolute atomic E-state index is 0.0395. The molecule has 0 radical (unpaired) electrons. The van der Waals surface area contributed by atoms with Crippen LogP contribution in [0.5, 0.6) is 5.75 Å². The Hall–Kier alpha value is -3.03. The topological polar surface area (TPSA) is 85.2 Å². The average molecular weight is 431 g/mol. The lowest BCUT2D eigenvalue weighted by Crippen LogP contribution is -2.35. The highest BCUT2D eigenvalue weighted by atomic mass is 35.5. The van der Waals surface area contributed by atoms with Crippen molar-refractivity contribution in [2.24, 2.45) is 0 Å². The number of carbonyl (C=O) groups excluding carboxylic acids is 2. The zero-order chi connectivity index (χ0) is 20.5. The number of nitrogens with one attached hydrogen (secondary N) is 2. The predicted molar refractivity (Wildman–Crippen MR) is 112 cm³/mol. The molecule has 0 bridgehead atoms. The summed E-state index contributed by atoms with van der Waals surface area (Å²) in [6.45, 7) is 0. The second-order valence-electron chi connectivity index (χ2n) is 6.46. The Kier molecular flexibility index (Phi) is 5.17. The van der Waals surface area contributed by atoms with Gasteiger partial charge >= 0.3 is 0 Å². The van der Waals surface area contributed by atoms with Gasteiger partial charge in [-0.3, -0.25) is 9.59 Å². The Morgan fingerprint density at radius 1 is 1.24 bits per heavy atom. The van der Waals surface area contributed by atoms with Crippen LogP contribution in [0.25, 0.3) is 11.1 Å². The van der Waals surface area contributed by atoms with Crippen molar-refractivity contribution in [1.29, 1.82) is 0 Å². The number of anilines is 2. The van der Waals surface area contributed by atoms with Gasteiger partial charge in [0.1, 0.15) is 17.6 Å². The standard InChI is InChI=1S/C20H16Cl2N4O3/c1-29-13-6-7-15(22)16(8-13)24-20(28)17-9-18(27)25-19-14(10-23-26(17)19)11-2-4-12(21)5-3-11/h2-8,10,17H,9H2,1H3,(H,24,28)(H,25,27)/t17-/m1/s1. The third-order valence-corrected chi connectivity index (χ3v) is 5.20. The Morgan fingerprint density at radius 3 is 2.72 bits per heavy atom. The zero-order valence-electron chi connectivity index (χ0n) is 15.3. The molecule has 9 heteroatoms. The maximum absolute atomic E-state index is 12.9. The molecule has 29 heavy (non-hydrogen) atoms. The number of hydrogen-bond acceptors (Lipinski definition) is 4. The summed E-state index contributed by atoms with van der Waals surface area (Å²) in [5.41, 5.74) is 1.92. The van der Waals surface area contributed by atoms with Gasteiger partial charge in [0, 0.05) is 16.7 Å². The Balaban J connectivity index is 1.66. The number of benzene rings is 2. The van der Waals surface area contributed by atoms with Gasteiger partial charge in [0.25, 0.3) is 0 Å². The van der Waals surface area contributed by atoms with Crippen molar-refractivity contribution in [2.45, 2.75) is 12.5 Å². The van der Waals surface area contributed by atoms with Gasteiger partial charge in [-0.05, 0) is 29.8 Å². The summed E-state index contributed by atoms with van der Waals surface area (Å²) in [5.74, 6) is 0.337. The molecule has 2 amide bonds. The number of nitrogens with zero attached hydrogens (tertiary/aromatic N) is 2. The first-order chi connectivity index (χ1) is 14.0. The van der Waals surface area contributed by atoms with Crippen molar-refractivity contribution in [3.63, 3.8) is 0 Å². The molecule has 0 aliphatic carbocycles. The highest BCUT2D eigenvalue weighted by Gasteiger charge is 2.33. The molecule has 0 spiro atoms. The number of methoxy groups -OCH3 is 1. The van der Waals surface area contributed by atoms with Gasteiger partial charge in [-0.25, -0.2) is 4.68 Å². The molecule has 0 fully saturated rings. The third kappa shape index (κ3) is 3.79. The van der Waals surface area contributed by atoms with Gasteiger partial charge < -0.3 is 15.4 Å². The summed E-state index contributed by atoms with van der Waals surface area (Å²) < 4.78 is 6.68. The Morgan fingerprint density at radius 2 is 2.00 bits per heavy atom. The van der Waals surface area contributed by atoms with Gasteiger partial charge in [-0.1, -0.05) is 35.3 Å². The fraction of sp³-hybridized carbons (Fsp3) is 0.150. The molecule has 0 unspecified atom stereocenters. The normalized spacial score (nSPS) is 15.4. The van der Waals surface area contributed by atoms with E-state index in [1.165, 1.54) is 11.8 Å². The molecule has 1 atom stereocenters. The van der Waals surface area contributed by atoms with Crippen molar-refractivity contribution in [3.8, 4) is 16.9 Å². The first-order valence-electron chi connectivity index (χ1n) is 8.74. The van der Waals surface area contributed by atoms with E-state index in [4.69, 9.17) is 27.9 Å². The van der Waals surface area contributed by atoms with Gasteiger partial charge in [0.2, 0.25) is 11.8 Å². The molecular weight excluding hydrogens is 415 g/mol. The number of amides is 2. The molecule has 2 N–H and O–H groups in total. The molecule has 2 heterocycles. The molecule has 7 nitrogen and oxygen atoms in total. The minimum Gasteiger partial charge on any atom is -0.497 e. The van der Waals surface area contributed by atoms with E-state index in [1.54, 1.807) is 36.5 Å². The summed E-state index contributed by atoms with van der Waals surface area (Å²) in [6.07, 6.45) is 1.57. The maximum Gasteiger partial charge on any atom is 0.249 e. The van der Waals surface area contributed by atoms with Crippen LogP contribution in [0.4, 0.5) is 11.5 Å². The van der Waals surface area contributed by atoms with E-state index in [0.717, 1.165) is 5.56 Å². The van der Waals surface area contributed by atoms with Crippen LogP contribution in [0.15, 0.2) is 48.7 Å². The summed E-state index contributed by atoms with van der Waals surface area (Å²) in [5, 5.41) is 10.9. The Bertz CT molecular complexity index is 1100. The molecule has 1 aliphatic rings. The van der Waals surface area contributed by atoms with Crippen molar-refractivity contribution in [3.05, 3.63) is 58.7 Å². The van der Waals surface area contributed by atoms with E-state index in [-0.39, 0.29) is 12.3 Å². The third-order valence-electron chi connectivity index (χ3n) is 4.62. The van der Waals surface area contributed by atoms with Crippen LogP contribution in [-0.4, -0.2) is 28.7 Å². The van der Waals surface area contributed by atoms with Gasteiger partial charge in [-0.2, -0.15) is 5.10 Å². The van der Waals surface area contributed by atoms with E-state index < -0.39 is 11.9 Å². The highest BCUT2D eigenvalue weighted by molar-refractivity contribution is 6.33. The molecule has 148 valence electrons. The molecule has 3 aromatic rings. The second kappa shape index (κ2) is 7.77. The van der Waals surface area contributed by atoms with Gasteiger partial charge in [0.15, 0.2) is 0 Å². The largest absolute Gasteiger partial charge is 0.497 e. The van der Waals surface area contributed by atoms with Crippen LogP contribution in [-0.2, 0) is 9.59 Å². The van der Waals surface area contributed by atoms with Crippen LogP contribution in [0.2, 0.25) is 10.0 Å². The number of hydrogen-bond donors (Lipinski definition) is 2. The second-order valence-corrected chi connectivity index (χ2v) is 7.31. The lowest BCUT2D eigenvalue weighted by Gasteiger charge is -2.25. The van der Waals surface area contributed by atoms with Crippen LogP contribution in [0.3, 0.4) is 0 Å². The average Bonchev–Trinajstić information content (AvgIpc) is 3.13. The monoisotopic (exact) mass is 430 g/mol. The molecule has 4 rings (SSSR count). The van der Waals surface area contributed by atoms with Crippen LogP contribution >= 0.6 is 23.2 Å². The molecule has 1 aliphatic heterocycles. The number of aromatic nitrogens is 2. The van der Waals surface area contributed by atoms with Gasteiger partial charge in [0.05, 0.1) is 30.4 Å². The zero-order valence-corrected chi connectivity index (χ0v) is 16.8. The molecule has 0 saturated carbocycles. The fourth-order valence-corrected chi connectivity index (χ4v) is 3.45. The molecule has 2 aromatic carbocycles. The number of carbonyl (C=O) groups is 2. The van der Waals surface area contributed by atoms with E-state index in [9.17, 15) is 9.59 Å². The number of halogens is 2. The van der Waals surface area contributed by atoms with Gasteiger partial charge in [-0.15, -0.1) is 0 Å². The van der Waals surface area contributed by atoms with E-state index in [2.05, 4.69) is 15.7 Å². The van der Waals surface area contributed by atoms with Crippen LogP contribution < -0.4 is 15.4 Å². The minimum atomic E-state index is -0.818. The van der Waals surface area contributed by atoms with E-state index in [1.807, 2.05) is 12.1 Å². The summed E-state index contributed by atoms with van der Waals surface area (Å²) in [7, 11) is 1.52. The number of fused-ring (bicyclic) bond motifs is 1. The number of ether oxygens (including phenoxy) is 1. The number of rotatable bonds is 4. The fourth-order valence-electron chi connectivity index (χ4n) is 3.16. The van der Waals surface area contributed by atoms with E-state index in [0.29, 0.717) is 32.9 Å². The first kappa shape index (κ1) is 19.3. The lowest BCUT2D eigenvalue weighted by molar-refractivity contribution is -0.125. The highest BCUT2D eigenvalue weighted by Crippen LogP contribution is 2.35. The SMILES string of the molecule is COc1ccc(Cl)c(NC(=O)[C@H]2CC(=O)Nc3c(-c4ccc(Cl)cc4)cnn32)c1. The van der Waals surface area contributed by atoms with Crippen LogP contribution in [0, 0.1) is 0 Å². The Labute approximate surface area is 176 Å².